The normalized spacial score (nSPS) is 10.7. The summed E-state index contributed by atoms with van der Waals surface area (Å²) in [7, 11) is 0. The number of aromatic hydroxyl groups is 1. The Labute approximate surface area is 161 Å². The number of phenolic OH excluding ortho intramolecular Hbond substituents is 1. The molecule has 2 aromatic rings. The van der Waals surface area contributed by atoms with Gasteiger partial charge in [0.15, 0.2) is 0 Å². The standard InChI is InChI=1S/C19H19ClN2O3S/c1-2-9-25-17-8-5-15(18(23)10-17)11-21-22-19(24)13-26-12-14-3-6-16(20)7-4-14/h2-8,10-11,23H,1,9,12-13H2,(H,22,24)/b21-11-. The number of nitrogens with zero attached hydrogens (tertiary/aromatic N) is 1. The Morgan fingerprint density at radius 2 is 2.08 bits per heavy atom. The number of carbonyl (C=O) groups excluding carboxylic acids is 1. The fourth-order valence-electron chi connectivity index (χ4n) is 1.93. The SMILES string of the molecule is C=CCOc1ccc(/C=N\NC(=O)CSCc2ccc(Cl)cc2)c(O)c1. The number of hydrogen-bond donors (Lipinski definition) is 2. The van der Waals surface area contributed by atoms with Crippen molar-refractivity contribution in [3.63, 3.8) is 0 Å². The lowest BCUT2D eigenvalue weighted by Crippen LogP contribution is -2.19. The number of phenols is 1. The minimum atomic E-state index is -0.217. The van der Waals surface area contributed by atoms with Gasteiger partial charge in [-0.3, -0.25) is 4.79 Å². The highest BCUT2D eigenvalue weighted by atomic mass is 35.5. The number of carbonyl (C=O) groups is 1. The van der Waals surface area contributed by atoms with Crippen LogP contribution in [0.15, 0.2) is 60.2 Å². The number of ether oxygens (including phenoxy) is 1. The van der Waals surface area contributed by atoms with Crippen LogP contribution in [0.25, 0.3) is 0 Å². The first-order valence-electron chi connectivity index (χ1n) is 7.79. The van der Waals surface area contributed by atoms with E-state index in [4.69, 9.17) is 16.3 Å². The Kier molecular flexibility index (Phi) is 8.05. The van der Waals surface area contributed by atoms with Crippen LogP contribution in [0, 0.1) is 0 Å². The number of hydrazone groups is 1. The molecule has 0 aliphatic rings. The van der Waals surface area contributed by atoms with Gasteiger partial charge in [0, 0.05) is 22.4 Å². The van der Waals surface area contributed by atoms with Gasteiger partial charge >= 0.3 is 0 Å². The Hall–Kier alpha value is -2.44. The van der Waals surface area contributed by atoms with E-state index in [1.54, 1.807) is 18.2 Å². The van der Waals surface area contributed by atoms with Crippen molar-refractivity contribution in [2.24, 2.45) is 5.10 Å². The highest BCUT2D eigenvalue weighted by Gasteiger charge is 2.03. The summed E-state index contributed by atoms with van der Waals surface area (Å²) in [4.78, 5) is 11.8. The van der Waals surface area contributed by atoms with E-state index >= 15 is 0 Å². The maximum atomic E-state index is 11.8. The molecule has 0 aliphatic carbocycles. The van der Waals surface area contributed by atoms with E-state index in [0.717, 1.165) is 5.56 Å². The average Bonchev–Trinajstić information content (AvgIpc) is 2.63. The molecule has 0 atom stereocenters. The van der Waals surface area contributed by atoms with Crippen molar-refractivity contribution in [1.82, 2.24) is 5.43 Å². The zero-order valence-corrected chi connectivity index (χ0v) is 15.6. The summed E-state index contributed by atoms with van der Waals surface area (Å²) in [6.45, 7) is 3.92. The van der Waals surface area contributed by atoms with E-state index in [1.807, 2.05) is 24.3 Å². The van der Waals surface area contributed by atoms with E-state index in [9.17, 15) is 9.90 Å². The maximum absolute atomic E-state index is 11.8. The van der Waals surface area contributed by atoms with Crippen LogP contribution in [0.1, 0.15) is 11.1 Å². The third-order valence-electron chi connectivity index (χ3n) is 3.18. The number of amides is 1. The van der Waals surface area contributed by atoms with Crippen LogP contribution in [-0.2, 0) is 10.5 Å². The summed E-state index contributed by atoms with van der Waals surface area (Å²) in [5.41, 5.74) is 4.01. The summed E-state index contributed by atoms with van der Waals surface area (Å²) in [6.07, 6.45) is 3.00. The molecule has 136 valence electrons. The molecule has 2 aromatic carbocycles. The minimum absolute atomic E-state index is 0.0154. The van der Waals surface area contributed by atoms with Gasteiger partial charge in [0.25, 0.3) is 0 Å². The fourth-order valence-corrected chi connectivity index (χ4v) is 2.83. The number of rotatable bonds is 9. The number of hydrogen-bond acceptors (Lipinski definition) is 5. The van der Waals surface area contributed by atoms with E-state index in [1.165, 1.54) is 24.0 Å². The second kappa shape index (κ2) is 10.5. The lowest BCUT2D eigenvalue weighted by atomic mass is 10.2. The summed E-state index contributed by atoms with van der Waals surface area (Å²) < 4.78 is 5.32. The smallest absolute Gasteiger partial charge is 0.250 e. The van der Waals surface area contributed by atoms with Crippen LogP contribution < -0.4 is 10.2 Å². The number of halogens is 1. The predicted molar refractivity (Wildman–Crippen MR) is 107 cm³/mol. The first-order valence-corrected chi connectivity index (χ1v) is 9.32. The molecule has 0 saturated heterocycles. The van der Waals surface area contributed by atoms with Crippen LogP contribution in [0.3, 0.4) is 0 Å². The van der Waals surface area contributed by atoms with Crippen LogP contribution in [-0.4, -0.2) is 29.6 Å². The molecule has 0 radical (unpaired) electrons. The van der Waals surface area contributed by atoms with Crippen molar-refractivity contribution in [1.29, 1.82) is 0 Å². The third-order valence-corrected chi connectivity index (χ3v) is 4.43. The molecule has 0 saturated carbocycles. The highest BCUT2D eigenvalue weighted by Crippen LogP contribution is 2.22. The van der Waals surface area contributed by atoms with Crippen molar-refractivity contribution in [2.75, 3.05) is 12.4 Å². The molecule has 0 unspecified atom stereocenters. The predicted octanol–water partition coefficient (Wildman–Crippen LogP) is 3.99. The molecule has 26 heavy (non-hydrogen) atoms. The quantitative estimate of drug-likeness (QED) is 0.386. The van der Waals surface area contributed by atoms with Crippen molar-refractivity contribution in [3.05, 3.63) is 71.3 Å². The fraction of sp³-hybridized carbons (Fsp3) is 0.158. The minimum Gasteiger partial charge on any atom is -0.507 e. The first-order chi connectivity index (χ1) is 12.6. The highest BCUT2D eigenvalue weighted by molar-refractivity contribution is 7.99. The molecule has 7 heteroatoms. The van der Waals surface area contributed by atoms with Gasteiger partial charge < -0.3 is 9.84 Å². The van der Waals surface area contributed by atoms with Gasteiger partial charge in [-0.15, -0.1) is 11.8 Å². The molecule has 0 aromatic heterocycles. The van der Waals surface area contributed by atoms with Crippen LogP contribution in [0.5, 0.6) is 11.5 Å². The van der Waals surface area contributed by atoms with Gasteiger partial charge in [0.05, 0.1) is 12.0 Å². The van der Waals surface area contributed by atoms with E-state index in [-0.39, 0.29) is 17.4 Å². The van der Waals surface area contributed by atoms with E-state index < -0.39 is 0 Å². The molecule has 1 amide bonds. The third kappa shape index (κ3) is 6.82. The number of nitrogens with one attached hydrogen (secondary N) is 1. The van der Waals surface area contributed by atoms with Crippen LogP contribution in [0.2, 0.25) is 5.02 Å². The Morgan fingerprint density at radius 1 is 1.31 bits per heavy atom. The Morgan fingerprint density at radius 3 is 2.77 bits per heavy atom. The molecule has 0 spiro atoms. The Balaban J connectivity index is 1.75. The molecule has 2 N–H and O–H groups in total. The van der Waals surface area contributed by atoms with Gasteiger partial charge in [0.2, 0.25) is 5.91 Å². The van der Waals surface area contributed by atoms with Crippen LogP contribution >= 0.6 is 23.4 Å². The molecule has 0 aliphatic heterocycles. The van der Waals surface area contributed by atoms with E-state index in [0.29, 0.717) is 28.7 Å². The molecule has 0 fully saturated rings. The van der Waals surface area contributed by atoms with Gasteiger partial charge in [-0.2, -0.15) is 5.10 Å². The number of benzene rings is 2. The summed E-state index contributed by atoms with van der Waals surface area (Å²) in [5, 5.41) is 14.5. The zero-order valence-electron chi connectivity index (χ0n) is 14.0. The second-order valence-corrected chi connectivity index (χ2v) is 6.65. The van der Waals surface area contributed by atoms with Gasteiger partial charge in [-0.25, -0.2) is 5.43 Å². The first kappa shape index (κ1) is 19.9. The van der Waals surface area contributed by atoms with Gasteiger partial charge in [0.1, 0.15) is 18.1 Å². The summed E-state index contributed by atoms with van der Waals surface area (Å²) >= 11 is 7.31. The summed E-state index contributed by atoms with van der Waals surface area (Å²) in [5.74, 6) is 1.32. The van der Waals surface area contributed by atoms with Crippen molar-refractivity contribution < 1.29 is 14.6 Å². The summed E-state index contributed by atoms with van der Waals surface area (Å²) in [6, 6.07) is 12.3. The molecular formula is C19H19ClN2O3S. The molecule has 0 heterocycles. The molecular weight excluding hydrogens is 372 g/mol. The van der Waals surface area contributed by atoms with Crippen molar-refractivity contribution >= 4 is 35.5 Å². The van der Waals surface area contributed by atoms with Gasteiger partial charge in [-0.05, 0) is 29.8 Å². The zero-order chi connectivity index (χ0) is 18.8. The Bertz CT molecular complexity index is 779. The monoisotopic (exact) mass is 390 g/mol. The van der Waals surface area contributed by atoms with Crippen LogP contribution in [0.4, 0.5) is 0 Å². The lowest BCUT2D eigenvalue weighted by molar-refractivity contribution is -0.118. The molecule has 5 nitrogen and oxygen atoms in total. The second-order valence-electron chi connectivity index (χ2n) is 5.23. The maximum Gasteiger partial charge on any atom is 0.250 e. The van der Waals surface area contributed by atoms with Crippen molar-refractivity contribution in [2.45, 2.75) is 5.75 Å². The van der Waals surface area contributed by atoms with E-state index in [2.05, 4.69) is 17.1 Å². The molecule has 2 rings (SSSR count). The lowest BCUT2D eigenvalue weighted by Gasteiger charge is -2.05. The molecule has 0 bridgehead atoms. The van der Waals surface area contributed by atoms with Crippen molar-refractivity contribution in [3.8, 4) is 11.5 Å². The van der Waals surface area contributed by atoms with Gasteiger partial charge in [-0.1, -0.05) is 36.4 Å². The number of thioether (sulfide) groups is 1. The topological polar surface area (TPSA) is 70.9 Å². The largest absolute Gasteiger partial charge is 0.507 e. The average molecular weight is 391 g/mol.